The van der Waals surface area contributed by atoms with E-state index in [9.17, 15) is 4.79 Å². The molecule has 1 aromatic heterocycles. The van der Waals surface area contributed by atoms with E-state index in [-0.39, 0.29) is 11.7 Å². The second kappa shape index (κ2) is 8.92. The normalized spacial score (nSPS) is 10.6. The van der Waals surface area contributed by atoms with E-state index >= 15 is 0 Å². The van der Waals surface area contributed by atoms with Crippen LogP contribution in [0.4, 0.5) is 5.69 Å². The number of carbonyl (C=O) groups is 1. The summed E-state index contributed by atoms with van der Waals surface area (Å²) in [5.74, 6) is 1.42. The van der Waals surface area contributed by atoms with E-state index in [1.165, 1.54) is 11.8 Å². The van der Waals surface area contributed by atoms with Gasteiger partial charge < -0.3 is 14.6 Å². The number of ether oxygens (including phenoxy) is 1. The molecule has 8 heteroatoms. The quantitative estimate of drug-likeness (QED) is 0.598. The zero-order valence-electron chi connectivity index (χ0n) is 15.0. The molecule has 6 nitrogen and oxygen atoms in total. The molecule has 3 aromatic rings. The number of benzene rings is 2. The topological polar surface area (TPSA) is 69.0 Å². The van der Waals surface area contributed by atoms with Crippen molar-refractivity contribution in [2.75, 3.05) is 17.7 Å². The summed E-state index contributed by atoms with van der Waals surface area (Å²) in [6.45, 7) is 2.44. The molecule has 0 radical (unpaired) electrons. The van der Waals surface area contributed by atoms with Crippen molar-refractivity contribution in [1.82, 2.24) is 14.8 Å². The molecule has 0 aliphatic carbocycles. The number of aromatic nitrogens is 3. The minimum Gasteiger partial charge on any atom is -0.492 e. The second-order valence-electron chi connectivity index (χ2n) is 5.64. The van der Waals surface area contributed by atoms with Crippen molar-refractivity contribution in [2.45, 2.75) is 12.1 Å². The summed E-state index contributed by atoms with van der Waals surface area (Å²) < 4.78 is 7.37. The highest BCUT2D eigenvalue weighted by atomic mass is 35.5. The van der Waals surface area contributed by atoms with Gasteiger partial charge in [-0.05, 0) is 31.2 Å². The third kappa shape index (κ3) is 4.81. The number of hydrogen-bond donors (Lipinski definition) is 1. The lowest BCUT2D eigenvalue weighted by Gasteiger charge is -2.11. The van der Waals surface area contributed by atoms with Crippen LogP contribution in [0, 0.1) is 0 Å². The molecule has 0 saturated carbocycles. The molecule has 0 bridgehead atoms. The van der Waals surface area contributed by atoms with Gasteiger partial charge in [-0.2, -0.15) is 0 Å². The number of hydrogen-bond acceptors (Lipinski definition) is 5. The summed E-state index contributed by atoms with van der Waals surface area (Å²) in [5.41, 5.74) is 1.53. The summed E-state index contributed by atoms with van der Waals surface area (Å²) in [5, 5.41) is 12.5. The minimum atomic E-state index is -0.139. The molecule has 0 aliphatic heterocycles. The zero-order valence-corrected chi connectivity index (χ0v) is 16.5. The van der Waals surface area contributed by atoms with Gasteiger partial charge in [0, 0.05) is 17.6 Å². The van der Waals surface area contributed by atoms with Crippen molar-refractivity contribution in [1.29, 1.82) is 0 Å². The number of halogens is 1. The van der Waals surface area contributed by atoms with Gasteiger partial charge in [0.1, 0.15) is 5.75 Å². The molecule has 0 saturated heterocycles. The van der Waals surface area contributed by atoms with E-state index in [0.29, 0.717) is 34.0 Å². The molecule has 0 fully saturated rings. The van der Waals surface area contributed by atoms with E-state index in [0.717, 1.165) is 5.56 Å². The number of para-hydroxylation sites is 2. The summed E-state index contributed by atoms with van der Waals surface area (Å²) in [6, 6.07) is 14.8. The van der Waals surface area contributed by atoms with Crippen molar-refractivity contribution < 1.29 is 9.53 Å². The first-order valence-electron chi connectivity index (χ1n) is 8.38. The maximum Gasteiger partial charge on any atom is 0.234 e. The van der Waals surface area contributed by atoms with E-state index in [1.807, 2.05) is 67.1 Å². The molecule has 1 N–H and O–H groups in total. The van der Waals surface area contributed by atoms with Crippen LogP contribution in [0.3, 0.4) is 0 Å². The Kier molecular flexibility index (Phi) is 6.36. The lowest BCUT2D eigenvalue weighted by Crippen LogP contribution is -2.15. The Labute approximate surface area is 166 Å². The van der Waals surface area contributed by atoms with Gasteiger partial charge in [0.15, 0.2) is 11.0 Å². The van der Waals surface area contributed by atoms with E-state index in [1.54, 1.807) is 0 Å². The molecular formula is C19H19ClN4O2S. The number of amides is 1. The highest BCUT2D eigenvalue weighted by Crippen LogP contribution is 2.26. The standard InChI is InChI=1S/C19H19ClN4O2S/c1-3-26-16-10-5-4-9-15(16)21-17(25)12-27-19-23-22-18(24(19)2)13-7-6-8-14(20)11-13/h4-11H,3,12H2,1-2H3,(H,21,25). The average molecular weight is 403 g/mol. The first kappa shape index (κ1) is 19.3. The molecule has 140 valence electrons. The molecule has 0 atom stereocenters. The first-order valence-corrected chi connectivity index (χ1v) is 9.74. The molecule has 2 aromatic carbocycles. The van der Waals surface area contributed by atoms with Crippen LogP contribution in [0.25, 0.3) is 11.4 Å². The molecule has 3 rings (SSSR count). The fourth-order valence-electron chi connectivity index (χ4n) is 2.49. The van der Waals surface area contributed by atoms with Crippen molar-refractivity contribution in [2.24, 2.45) is 7.05 Å². The van der Waals surface area contributed by atoms with Crippen molar-refractivity contribution in [3.8, 4) is 17.1 Å². The van der Waals surface area contributed by atoms with Crippen LogP contribution >= 0.6 is 23.4 Å². The van der Waals surface area contributed by atoms with Crippen molar-refractivity contribution >= 4 is 35.0 Å². The van der Waals surface area contributed by atoms with E-state index in [4.69, 9.17) is 16.3 Å². The van der Waals surface area contributed by atoms with Gasteiger partial charge in [-0.1, -0.05) is 47.6 Å². The summed E-state index contributed by atoms with van der Waals surface area (Å²) >= 11 is 7.36. The fourth-order valence-corrected chi connectivity index (χ4v) is 3.39. The smallest absolute Gasteiger partial charge is 0.234 e. The van der Waals surface area contributed by atoms with Gasteiger partial charge in [-0.15, -0.1) is 10.2 Å². The Hall–Kier alpha value is -2.51. The van der Waals surface area contributed by atoms with Gasteiger partial charge in [-0.25, -0.2) is 0 Å². The van der Waals surface area contributed by atoms with Crippen molar-refractivity contribution in [3.05, 3.63) is 53.6 Å². The lowest BCUT2D eigenvalue weighted by molar-refractivity contribution is -0.113. The third-order valence-electron chi connectivity index (χ3n) is 3.71. The number of carbonyl (C=O) groups excluding carboxylic acids is 1. The Morgan fingerprint density at radius 1 is 1.22 bits per heavy atom. The largest absolute Gasteiger partial charge is 0.492 e. The van der Waals surface area contributed by atoms with Gasteiger partial charge >= 0.3 is 0 Å². The van der Waals surface area contributed by atoms with Gasteiger partial charge in [0.2, 0.25) is 5.91 Å². The molecule has 0 aliphatic rings. The van der Waals surface area contributed by atoms with Gasteiger partial charge in [0.05, 0.1) is 18.0 Å². The van der Waals surface area contributed by atoms with Crippen LogP contribution in [-0.2, 0) is 11.8 Å². The summed E-state index contributed by atoms with van der Waals surface area (Å²) in [7, 11) is 1.86. The maximum atomic E-state index is 12.3. The minimum absolute atomic E-state index is 0.139. The molecule has 27 heavy (non-hydrogen) atoms. The third-order valence-corrected chi connectivity index (χ3v) is 4.97. The monoisotopic (exact) mass is 402 g/mol. The second-order valence-corrected chi connectivity index (χ2v) is 7.02. The van der Waals surface area contributed by atoms with Gasteiger partial charge in [-0.3, -0.25) is 4.79 Å². The number of rotatable bonds is 7. The number of thioether (sulfide) groups is 1. The Balaban J connectivity index is 1.65. The fraction of sp³-hybridized carbons (Fsp3) is 0.211. The van der Waals surface area contributed by atoms with Crippen LogP contribution in [0.2, 0.25) is 5.02 Å². The predicted octanol–water partition coefficient (Wildman–Crippen LogP) is 4.27. The summed E-state index contributed by atoms with van der Waals surface area (Å²) in [6.07, 6.45) is 0. The van der Waals surface area contributed by atoms with E-state index < -0.39 is 0 Å². The number of nitrogens with one attached hydrogen (secondary N) is 1. The SMILES string of the molecule is CCOc1ccccc1NC(=O)CSc1nnc(-c2cccc(Cl)c2)n1C. The first-order chi connectivity index (χ1) is 13.1. The van der Waals surface area contributed by atoms with Crippen LogP contribution in [-0.4, -0.2) is 33.0 Å². The Morgan fingerprint density at radius 2 is 2.04 bits per heavy atom. The van der Waals surface area contributed by atoms with Crippen LogP contribution in [0.1, 0.15) is 6.92 Å². The van der Waals surface area contributed by atoms with Crippen LogP contribution in [0.5, 0.6) is 5.75 Å². The van der Waals surface area contributed by atoms with Crippen LogP contribution in [0.15, 0.2) is 53.7 Å². The Morgan fingerprint density at radius 3 is 2.81 bits per heavy atom. The lowest BCUT2D eigenvalue weighted by atomic mass is 10.2. The molecule has 0 unspecified atom stereocenters. The van der Waals surface area contributed by atoms with Crippen molar-refractivity contribution in [3.63, 3.8) is 0 Å². The summed E-state index contributed by atoms with van der Waals surface area (Å²) in [4.78, 5) is 12.3. The Bertz CT molecular complexity index is 945. The molecular weight excluding hydrogens is 384 g/mol. The number of anilines is 1. The molecule has 1 amide bonds. The van der Waals surface area contributed by atoms with Crippen LogP contribution < -0.4 is 10.1 Å². The predicted molar refractivity (Wildman–Crippen MR) is 108 cm³/mol. The average Bonchev–Trinajstić information content (AvgIpc) is 3.02. The zero-order chi connectivity index (χ0) is 19.2. The van der Waals surface area contributed by atoms with Gasteiger partial charge in [0.25, 0.3) is 0 Å². The highest BCUT2D eigenvalue weighted by molar-refractivity contribution is 7.99. The van der Waals surface area contributed by atoms with E-state index in [2.05, 4.69) is 15.5 Å². The molecule has 1 heterocycles. The highest BCUT2D eigenvalue weighted by Gasteiger charge is 2.14. The molecule has 0 spiro atoms. The maximum absolute atomic E-state index is 12.3. The number of nitrogens with zero attached hydrogens (tertiary/aromatic N) is 3.